The summed E-state index contributed by atoms with van der Waals surface area (Å²) in [5, 5.41) is 3.75. The molecule has 0 saturated heterocycles. The number of nitrogens with one attached hydrogen (secondary N) is 1. The molecule has 6 heteroatoms. The number of amides is 1. The zero-order valence-electron chi connectivity index (χ0n) is 12.0. The Bertz CT molecular complexity index is 886. The molecule has 0 bridgehead atoms. The molecular weight excluding hydrogens is 321 g/mol. The van der Waals surface area contributed by atoms with Gasteiger partial charge in [-0.2, -0.15) is 0 Å². The number of pyridine rings is 1. The maximum atomic E-state index is 12.6. The smallest absolute Gasteiger partial charge is 0.274 e. The van der Waals surface area contributed by atoms with Crippen LogP contribution in [-0.4, -0.2) is 15.3 Å². The third-order valence-electron chi connectivity index (χ3n) is 3.42. The second kappa shape index (κ2) is 5.63. The largest absolute Gasteiger partial charge is 0.320 e. The second-order valence-corrected chi connectivity index (χ2v) is 5.86. The van der Waals surface area contributed by atoms with Gasteiger partial charge in [0, 0.05) is 11.9 Å². The molecule has 0 spiro atoms. The molecule has 4 nitrogen and oxygen atoms in total. The third-order valence-corrected chi connectivity index (χ3v) is 3.91. The Labute approximate surface area is 137 Å². The number of anilines is 1. The van der Waals surface area contributed by atoms with Gasteiger partial charge in [0.15, 0.2) is 5.65 Å². The van der Waals surface area contributed by atoms with Gasteiger partial charge in [-0.05, 0) is 31.5 Å². The molecule has 0 radical (unpaired) electrons. The van der Waals surface area contributed by atoms with Gasteiger partial charge in [-0.3, -0.25) is 9.20 Å². The first-order chi connectivity index (χ1) is 10.5. The fourth-order valence-corrected chi connectivity index (χ4v) is 2.87. The summed E-state index contributed by atoms with van der Waals surface area (Å²) in [6, 6.07) is 9.19. The summed E-state index contributed by atoms with van der Waals surface area (Å²) in [4.78, 5) is 17.0. The van der Waals surface area contributed by atoms with Crippen molar-refractivity contribution in [3.63, 3.8) is 0 Å². The van der Waals surface area contributed by atoms with Crippen molar-refractivity contribution in [2.24, 2.45) is 0 Å². The Morgan fingerprint density at radius 3 is 2.68 bits per heavy atom. The van der Waals surface area contributed by atoms with Gasteiger partial charge >= 0.3 is 0 Å². The number of halogens is 2. The molecule has 1 N–H and O–H groups in total. The Hall–Kier alpha value is -2.04. The molecule has 0 saturated carbocycles. The number of hydrogen-bond acceptors (Lipinski definition) is 2. The van der Waals surface area contributed by atoms with E-state index >= 15 is 0 Å². The minimum absolute atomic E-state index is 0.252. The van der Waals surface area contributed by atoms with Crippen molar-refractivity contribution in [1.29, 1.82) is 0 Å². The lowest BCUT2D eigenvalue weighted by Gasteiger charge is -2.09. The summed E-state index contributed by atoms with van der Waals surface area (Å²) in [5.41, 5.74) is 3.27. The number of aryl methyl sites for hydroxylation is 2. The summed E-state index contributed by atoms with van der Waals surface area (Å²) in [6.45, 7) is 3.70. The fraction of sp³-hybridized carbons (Fsp3) is 0.125. The van der Waals surface area contributed by atoms with Crippen LogP contribution in [0.4, 0.5) is 5.69 Å². The van der Waals surface area contributed by atoms with Crippen LogP contribution in [0.2, 0.25) is 10.0 Å². The third kappa shape index (κ3) is 2.56. The van der Waals surface area contributed by atoms with Gasteiger partial charge in [-0.15, -0.1) is 0 Å². The van der Waals surface area contributed by atoms with Crippen molar-refractivity contribution >= 4 is 40.4 Å². The lowest BCUT2D eigenvalue weighted by Crippen LogP contribution is -2.16. The Balaban J connectivity index is 2.08. The van der Waals surface area contributed by atoms with E-state index in [9.17, 15) is 4.79 Å². The fourth-order valence-electron chi connectivity index (χ4n) is 2.35. The first-order valence-electron chi connectivity index (χ1n) is 6.68. The summed E-state index contributed by atoms with van der Waals surface area (Å²) in [6.07, 6.45) is 1.63. The molecule has 2 heterocycles. The normalized spacial score (nSPS) is 10.9. The molecule has 2 aromatic heterocycles. The van der Waals surface area contributed by atoms with Gasteiger partial charge in [0.2, 0.25) is 0 Å². The molecule has 0 unspecified atom stereocenters. The highest BCUT2D eigenvalue weighted by Gasteiger charge is 2.19. The Kier molecular flexibility index (Phi) is 3.81. The van der Waals surface area contributed by atoms with Gasteiger partial charge in [0.25, 0.3) is 5.91 Å². The molecule has 0 atom stereocenters. The van der Waals surface area contributed by atoms with Crippen LogP contribution in [0.3, 0.4) is 0 Å². The minimum atomic E-state index is -0.252. The molecule has 22 heavy (non-hydrogen) atoms. The van der Waals surface area contributed by atoms with Crippen LogP contribution < -0.4 is 5.32 Å². The molecular formula is C16H13Cl2N3O. The van der Waals surface area contributed by atoms with E-state index in [1.165, 1.54) is 0 Å². The van der Waals surface area contributed by atoms with Crippen molar-refractivity contribution in [3.8, 4) is 0 Å². The van der Waals surface area contributed by atoms with Crippen LogP contribution in [-0.2, 0) is 0 Å². The molecule has 0 aliphatic carbocycles. The van der Waals surface area contributed by atoms with E-state index in [2.05, 4.69) is 10.3 Å². The second-order valence-electron chi connectivity index (χ2n) is 5.01. The number of fused-ring (bicyclic) bond motifs is 1. The maximum absolute atomic E-state index is 12.6. The Morgan fingerprint density at radius 2 is 1.95 bits per heavy atom. The molecule has 1 aromatic carbocycles. The highest BCUT2D eigenvalue weighted by Crippen LogP contribution is 2.25. The predicted molar refractivity (Wildman–Crippen MR) is 89.1 cm³/mol. The lowest BCUT2D eigenvalue weighted by molar-refractivity contribution is 0.102. The monoisotopic (exact) mass is 333 g/mol. The quantitative estimate of drug-likeness (QED) is 0.749. The molecule has 0 aliphatic heterocycles. The van der Waals surface area contributed by atoms with Crippen molar-refractivity contribution in [2.75, 3.05) is 5.32 Å². The van der Waals surface area contributed by atoms with E-state index in [1.807, 2.05) is 31.2 Å². The van der Waals surface area contributed by atoms with Crippen molar-refractivity contribution in [1.82, 2.24) is 9.38 Å². The van der Waals surface area contributed by atoms with E-state index < -0.39 is 0 Å². The summed E-state index contributed by atoms with van der Waals surface area (Å²) in [7, 11) is 0. The van der Waals surface area contributed by atoms with Gasteiger partial charge in [0.1, 0.15) is 5.69 Å². The van der Waals surface area contributed by atoms with Gasteiger partial charge < -0.3 is 5.32 Å². The van der Waals surface area contributed by atoms with E-state index in [-0.39, 0.29) is 5.91 Å². The van der Waals surface area contributed by atoms with Crippen LogP contribution >= 0.6 is 23.2 Å². The van der Waals surface area contributed by atoms with Crippen LogP contribution in [0.1, 0.15) is 21.7 Å². The first kappa shape index (κ1) is 14.9. The molecule has 0 fully saturated rings. The van der Waals surface area contributed by atoms with Crippen molar-refractivity contribution < 1.29 is 4.79 Å². The Morgan fingerprint density at radius 1 is 1.23 bits per heavy atom. The van der Waals surface area contributed by atoms with E-state index in [1.54, 1.807) is 23.6 Å². The number of imidazole rings is 1. The first-order valence-corrected chi connectivity index (χ1v) is 7.43. The van der Waals surface area contributed by atoms with Gasteiger partial charge in [0.05, 0.1) is 15.7 Å². The van der Waals surface area contributed by atoms with E-state index in [4.69, 9.17) is 23.2 Å². The molecule has 0 aliphatic rings. The number of hydrogen-bond donors (Lipinski definition) is 1. The van der Waals surface area contributed by atoms with Crippen molar-refractivity contribution in [2.45, 2.75) is 13.8 Å². The van der Waals surface area contributed by atoms with Crippen molar-refractivity contribution in [3.05, 3.63) is 63.5 Å². The van der Waals surface area contributed by atoms with Gasteiger partial charge in [-0.1, -0.05) is 41.4 Å². The summed E-state index contributed by atoms with van der Waals surface area (Å²) < 4.78 is 1.62. The number of nitrogens with zero attached hydrogens (tertiary/aromatic N) is 2. The molecule has 1 amide bonds. The topological polar surface area (TPSA) is 46.4 Å². The zero-order valence-corrected chi connectivity index (χ0v) is 13.5. The highest BCUT2D eigenvalue weighted by atomic mass is 35.5. The number of carbonyl (C=O) groups is 1. The van der Waals surface area contributed by atoms with E-state index in [0.29, 0.717) is 27.1 Å². The highest BCUT2D eigenvalue weighted by molar-refractivity contribution is 6.36. The zero-order chi connectivity index (χ0) is 15.9. The number of aromatic nitrogens is 2. The average Bonchev–Trinajstić information content (AvgIpc) is 2.78. The molecule has 3 rings (SSSR count). The van der Waals surface area contributed by atoms with Crippen LogP contribution in [0, 0.1) is 13.8 Å². The SMILES string of the molecule is Cc1ccccc1NC(=O)c1c(C)nc2c(Cl)cc(Cl)cn12. The summed E-state index contributed by atoms with van der Waals surface area (Å²) in [5.74, 6) is -0.252. The summed E-state index contributed by atoms with van der Waals surface area (Å²) >= 11 is 12.2. The maximum Gasteiger partial charge on any atom is 0.274 e. The minimum Gasteiger partial charge on any atom is -0.320 e. The number of benzene rings is 1. The lowest BCUT2D eigenvalue weighted by atomic mass is 10.2. The van der Waals surface area contributed by atoms with Crippen LogP contribution in [0.5, 0.6) is 0 Å². The van der Waals surface area contributed by atoms with Crippen LogP contribution in [0.15, 0.2) is 36.5 Å². The van der Waals surface area contributed by atoms with E-state index in [0.717, 1.165) is 11.3 Å². The molecule has 112 valence electrons. The number of para-hydroxylation sites is 1. The average molecular weight is 334 g/mol. The number of rotatable bonds is 2. The predicted octanol–water partition coefficient (Wildman–Crippen LogP) is 4.51. The standard InChI is InChI=1S/C16H13Cl2N3O/c1-9-5-3-4-6-13(9)20-16(22)14-10(2)19-15-12(18)7-11(17)8-21(14)15/h3-8H,1-2H3,(H,20,22). The molecule has 3 aromatic rings. The van der Waals surface area contributed by atoms with Gasteiger partial charge in [-0.25, -0.2) is 4.98 Å². The van der Waals surface area contributed by atoms with Crippen LogP contribution in [0.25, 0.3) is 5.65 Å². The number of carbonyl (C=O) groups excluding carboxylic acids is 1.